The van der Waals surface area contributed by atoms with Crippen molar-refractivity contribution in [3.63, 3.8) is 0 Å². The molecule has 0 aliphatic heterocycles. The lowest BCUT2D eigenvalue weighted by Crippen LogP contribution is -2.12. The molecule has 1 aromatic heterocycles. The Labute approximate surface area is 154 Å². The molecule has 0 bridgehead atoms. The third kappa shape index (κ3) is 2.87. The summed E-state index contributed by atoms with van der Waals surface area (Å²) < 4.78 is 1.71. The normalized spacial score (nSPS) is 11.1. The Morgan fingerprint density at radius 1 is 1.04 bits per heavy atom. The van der Waals surface area contributed by atoms with Crippen molar-refractivity contribution in [2.45, 2.75) is 6.54 Å². The highest BCUT2D eigenvalue weighted by atomic mass is 16.4. The Morgan fingerprint density at radius 2 is 1.85 bits per heavy atom. The van der Waals surface area contributed by atoms with Gasteiger partial charge in [0.05, 0.1) is 0 Å². The number of hydrogen-bond donors (Lipinski definition) is 4. The van der Waals surface area contributed by atoms with Gasteiger partial charge in [0.1, 0.15) is 17.3 Å². The number of carboxylic acid groups (broad SMARTS) is 1. The van der Waals surface area contributed by atoms with Gasteiger partial charge in [-0.05, 0) is 40.6 Å². The van der Waals surface area contributed by atoms with Crippen LogP contribution in [0.3, 0.4) is 0 Å². The first-order valence-electron chi connectivity index (χ1n) is 8.35. The van der Waals surface area contributed by atoms with Crippen LogP contribution in [0, 0.1) is 5.41 Å². The van der Waals surface area contributed by atoms with E-state index in [1.54, 1.807) is 41.0 Å². The van der Waals surface area contributed by atoms with Crippen LogP contribution < -0.4 is 5.73 Å². The first kappa shape index (κ1) is 16.7. The molecule has 0 aliphatic carbocycles. The first-order chi connectivity index (χ1) is 12.9. The zero-order valence-electron chi connectivity index (χ0n) is 14.3. The van der Waals surface area contributed by atoms with Gasteiger partial charge in [-0.2, -0.15) is 0 Å². The topological polar surface area (TPSA) is 112 Å². The van der Waals surface area contributed by atoms with Crippen molar-refractivity contribution in [2.24, 2.45) is 5.73 Å². The van der Waals surface area contributed by atoms with Crippen LogP contribution in [-0.2, 0) is 6.54 Å². The van der Waals surface area contributed by atoms with Crippen LogP contribution in [0.1, 0.15) is 21.6 Å². The minimum Gasteiger partial charge on any atom is -0.508 e. The molecule has 134 valence electrons. The number of aromatic nitrogens is 1. The Morgan fingerprint density at radius 3 is 2.59 bits per heavy atom. The maximum atomic E-state index is 11.8. The number of nitrogens with two attached hydrogens (primary N) is 1. The Hall–Kier alpha value is -3.80. The van der Waals surface area contributed by atoms with E-state index in [0.717, 1.165) is 21.7 Å². The quantitative estimate of drug-likeness (QED) is 0.330. The standard InChI is InChI=1S/C21H17N3O3/c22-20(23)14-5-4-13-9-19(21(26)27)24(18(13)10-14)11-15-3-1-2-12-8-16(25)6-7-17(12)15/h1-10,25H,11H2,(H3,22,23)(H,26,27). The van der Waals surface area contributed by atoms with Gasteiger partial charge in [-0.25, -0.2) is 4.79 Å². The predicted molar refractivity (Wildman–Crippen MR) is 105 cm³/mol. The van der Waals surface area contributed by atoms with Crippen LogP contribution in [0.5, 0.6) is 5.75 Å². The molecule has 0 saturated carbocycles. The van der Waals surface area contributed by atoms with E-state index < -0.39 is 5.97 Å². The van der Waals surface area contributed by atoms with Gasteiger partial charge >= 0.3 is 5.97 Å². The summed E-state index contributed by atoms with van der Waals surface area (Å²) in [5.74, 6) is -0.904. The van der Waals surface area contributed by atoms with Crippen LogP contribution in [0.15, 0.2) is 60.7 Å². The van der Waals surface area contributed by atoms with E-state index in [9.17, 15) is 15.0 Å². The fraction of sp³-hybridized carbons (Fsp3) is 0.0476. The second kappa shape index (κ2) is 6.17. The minimum absolute atomic E-state index is 0.0674. The van der Waals surface area contributed by atoms with Gasteiger partial charge in [-0.1, -0.05) is 36.4 Å². The summed E-state index contributed by atoms with van der Waals surface area (Å²) in [6.07, 6.45) is 0. The van der Waals surface area contributed by atoms with Crippen LogP contribution in [0.4, 0.5) is 0 Å². The molecule has 27 heavy (non-hydrogen) atoms. The largest absolute Gasteiger partial charge is 0.508 e. The highest BCUT2D eigenvalue weighted by Crippen LogP contribution is 2.27. The lowest BCUT2D eigenvalue weighted by Gasteiger charge is -2.12. The number of carbonyl (C=O) groups is 1. The highest BCUT2D eigenvalue weighted by Gasteiger charge is 2.16. The summed E-state index contributed by atoms with van der Waals surface area (Å²) in [4.78, 5) is 11.8. The Balaban J connectivity index is 1.93. The molecule has 0 unspecified atom stereocenters. The molecule has 0 aliphatic rings. The number of hydrogen-bond acceptors (Lipinski definition) is 3. The molecule has 0 fully saturated rings. The van der Waals surface area contributed by atoms with E-state index in [4.69, 9.17) is 11.1 Å². The van der Waals surface area contributed by atoms with Gasteiger partial charge in [-0.15, -0.1) is 0 Å². The van der Waals surface area contributed by atoms with E-state index in [2.05, 4.69) is 0 Å². The summed E-state index contributed by atoms with van der Waals surface area (Å²) in [5.41, 5.74) is 7.94. The van der Waals surface area contributed by atoms with Gasteiger partial charge in [-0.3, -0.25) is 5.41 Å². The van der Waals surface area contributed by atoms with Crippen molar-refractivity contribution >= 4 is 33.5 Å². The number of amidine groups is 1. The molecule has 5 N–H and O–H groups in total. The third-order valence-electron chi connectivity index (χ3n) is 4.72. The van der Waals surface area contributed by atoms with Crippen LogP contribution >= 0.6 is 0 Å². The number of aromatic hydroxyl groups is 1. The second-order valence-electron chi connectivity index (χ2n) is 6.43. The van der Waals surface area contributed by atoms with Crippen molar-refractivity contribution in [3.05, 3.63) is 77.5 Å². The zero-order chi connectivity index (χ0) is 19.1. The minimum atomic E-state index is -1.02. The Bertz CT molecular complexity index is 1220. The predicted octanol–water partition coefficient (Wildman–Crippen LogP) is 3.53. The average molecular weight is 359 g/mol. The molecule has 0 spiro atoms. The maximum absolute atomic E-state index is 11.8. The van der Waals surface area contributed by atoms with E-state index in [-0.39, 0.29) is 17.3 Å². The van der Waals surface area contributed by atoms with E-state index in [0.29, 0.717) is 17.6 Å². The van der Waals surface area contributed by atoms with Crippen molar-refractivity contribution in [1.82, 2.24) is 4.57 Å². The van der Waals surface area contributed by atoms with Gasteiger partial charge in [0, 0.05) is 23.0 Å². The SMILES string of the molecule is N=C(N)c1ccc2cc(C(=O)O)n(Cc3cccc4cc(O)ccc34)c2c1. The average Bonchev–Trinajstić information content (AvgIpc) is 2.99. The van der Waals surface area contributed by atoms with Crippen molar-refractivity contribution < 1.29 is 15.0 Å². The summed E-state index contributed by atoms with van der Waals surface area (Å²) in [7, 11) is 0. The zero-order valence-corrected chi connectivity index (χ0v) is 14.3. The summed E-state index contributed by atoms with van der Waals surface area (Å²) >= 11 is 0. The van der Waals surface area contributed by atoms with Crippen molar-refractivity contribution in [2.75, 3.05) is 0 Å². The molecule has 0 atom stereocenters. The van der Waals surface area contributed by atoms with Crippen molar-refractivity contribution in [3.8, 4) is 5.75 Å². The summed E-state index contributed by atoms with van der Waals surface area (Å²) in [6.45, 7) is 0.342. The van der Waals surface area contributed by atoms with E-state index in [1.807, 2.05) is 24.3 Å². The summed E-state index contributed by atoms with van der Waals surface area (Å²) in [5, 5.41) is 29.6. The summed E-state index contributed by atoms with van der Waals surface area (Å²) in [6, 6.07) is 17.7. The van der Waals surface area contributed by atoms with Crippen molar-refractivity contribution in [1.29, 1.82) is 5.41 Å². The third-order valence-corrected chi connectivity index (χ3v) is 4.72. The molecule has 4 aromatic rings. The fourth-order valence-corrected chi connectivity index (χ4v) is 3.42. The smallest absolute Gasteiger partial charge is 0.352 e. The van der Waals surface area contributed by atoms with Crippen LogP contribution in [-0.4, -0.2) is 26.6 Å². The lowest BCUT2D eigenvalue weighted by molar-refractivity contribution is 0.0686. The van der Waals surface area contributed by atoms with Gasteiger partial charge in [0.25, 0.3) is 0 Å². The Kier molecular flexibility index (Phi) is 3.81. The van der Waals surface area contributed by atoms with E-state index in [1.165, 1.54) is 0 Å². The molecule has 0 saturated heterocycles. The number of aromatic carboxylic acids is 1. The number of nitrogen functional groups attached to an aromatic ring is 1. The number of nitrogens with zero attached hydrogens (tertiary/aromatic N) is 1. The second-order valence-corrected chi connectivity index (χ2v) is 6.43. The molecule has 4 rings (SSSR count). The maximum Gasteiger partial charge on any atom is 0.352 e. The monoisotopic (exact) mass is 359 g/mol. The number of phenols is 1. The molecule has 1 heterocycles. The number of nitrogens with one attached hydrogen (secondary N) is 1. The van der Waals surface area contributed by atoms with Gasteiger partial charge in [0.2, 0.25) is 0 Å². The van der Waals surface area contributed by atoms with Crippen LogP contribution in [0.2, 0.25) is 0 Å². The molecule has 3 aromatic carbocycles. The molecular weight excluding hydrogens is 342 g/mol. The number of benzene rings is 3. The van der Waals surface area contributed by atoms with Gasteiger partial charge < -0.3 is 20.5 Å². The molecule has 0 radical (unpaired) electrons. The van der Waals surface area contributed by atoms with Gasteiger partial charge in [0.15, 0.2) is 0 Å². The van der Waals surface area contributed by atoms with Crippen LogP contribution in [0.25, 0.3) is 21.7 Å². The molecular formula is C21H17N3O3. The van der Waals surface area contributed by atoms with E-state index >= 15 is 0 Å². The fourth-order valence-electron chi connectivity index (χ4n) is 3.42. The molecule has 6 nitrogen and oxygen atoms in total. The molecule has 0 amide bonds. The lowest BCUT2D eigenvalue weighted by atomic mass is 10.0. The first-order valence-corrected chi connectivity index (χ1v) is 8.35. The highest BCUT2D eigenvalue weighted by molar-refractivity contribution is 6.01. The number of carboxylic acids is 1. The number of fused-ring (bicyclic) bond motifs is 2. The number of rotatable bonds is 4. The molecule has 6 heteroatoms. The number of phenolic OH excluding ortho intramolecular Hbond substituents is 1.